The molecule has 1 amide bonds. The van der Waals surface area contributed by atoms with Crippen LogP contribution in [0.25, 0.3) is 0 Å². The molecule has 5 nitrogen and oxygen atoms in total. The second kappa shape index (κ2) is 3.92. The van der Waals surface area contributed by atoms with Gasteiger partial charge in [0, 0.05) is 32.1 Å². The molecule has 1 N–H and O–H groups in total. The molecule has 1 aliphatic rings. The summed E-state index contributed by atoms with van der Waals surface area (Å²) in [4.78, 5) is 27.7. The fourth-order valence-corrected chi connectivity index (χ4v) is 1.80. The van der Waals surface area contributed by atoms with Crippen molar-refractivity contribution in [3.8, 4) is 0 Å². The van der Waals surface area contributed by atoms with Crippen molar-refractivity contribution in [2.45, 2.75) is 19.9 Å². The van der Waals surface area contributed by atoms with Gasteiger partial charge in [0.1, 0.15) is 5.69 Å². The standard InChI is InChI=1S/C11H12N2O3/c1-7(14)13-5-4-9-8(6-13)2-3-10(12-9)11(15)16/h2-3H,4-6H2,1H3,(H,15,16). The Balaban J connectivity index is 2.29. The Kier molecular flexibility index (Phi) is 2.60. The Labute approximate surface area is 92.7 Å². The van der Waals surface area contributed by atoms with Gasteiger partial charge >= 0.3 is 5.97 Å². The van der Waals surface area contributed by atoms with E-state index in [1.807, 2.05) is 0 Å². The fourth-order valence-electron chi connectivity index (χ4n) is 1.80. The van der Waals surface area contributed by atoms with Crippen molar-refractivity contribution < 1.29 is 14.7 Å². The van der Waals surface area contributed by atoms with E-state index in [4.69, 9.17) is 5.11 Å². The number of carboxylic acids is 1. The molecule has 1 aliphatic heterocycles. The van der Waals surface area contributed by atoms with Crippen molar-refractivity contribution in [3.05, 3.63) is 29.1 Å². The average Bonchev–Trinajstić information content (AvgIpc) is 2.27. The second-order valence-electron chi connectivity index (χ2n) is 3.80. The van der Waals surface area contributed by atoms with Crippen molar-refractivity contribution in [1.29, 1.82) is 0 Å². The lowest BCUT2D eigenvalue weighted by molar-refractivity contribution is -0.129. The molecule has 84 valence electrons. The molecule has 0 spiro atoms. The Hall–Kier alpha value is -1.91. The molecule has 16 heavy (non-hydrogen) atoms. The zero-order valence-electron chi connectivity index (χ0n) is 8.93. The van der Waals surface area contributed by atoms with Crippen LogP contribution in [0.2, 0.25) is 0 Å². The molecular weight excluding hydrogens is 208 g/mol. The number of pyridine rings is 1. The number of rotatable bonds is 1. The zero-order chi connectivity index (χ0) is 11.7. The Bertz CT molecular complexity index is 457. The highest BCUT2D eigenvalue weighted by Gasteiger charge is 2.20. The van der Waals surface area contributed by atoms with E-state index in [9.17, 15) is 9.59 Å². The van der Waals surface area contributed by atoms with Crippen molar-refractivity contribution in [3.63, 3.8) is 0 Å². The highest BCUT2D eigenvalue weighted by molar-refractivity contribution is 5.85. The first-order valence-electron chi connectivity index (χ1n) is 5.05. The molecule has 1 aromatic rings. The van der Waals surface area contributed by atoms with Crippen molar-refractivity contribution in [2.75, 3.05) is 6.54 Å². The first-order valence-corrected chi connectivity index (χ1v) is 5.05. The van der Waals surface area contributed by atoms with Crippen molar-refractivity contribution in [1.82, 2.24) is 9.88 Å². The molecular formula is C11H12N2O3. The summed E-state index contributed by atoms with van der Waals surface area (Å²) in [7, 11) is 0. The van der Waals surface area contributed by atoms with Crippen LogP contribution in [0.4, 0.5) is 0 Å². The first-order chi connectivity index (χ1) is 7.58. The van der Waals surface area contributed by atoms with Crippen LogP contribution in [0, 0.1) is 0 Å². The summed E-state index contributed by atoms with van der Waals surface area (Å²) in [5.74, 6) is -0.982. The number of carbonyl (C=O) groups is 2. The predicted molar refractivity (Wildman–Crippen MR) is 56.0 cm³/mol. The highest BCUT2D eigenvalue weighted by atomic mass is 16.4. The smallest absolute Gasteiger partial charge is 0.354 e. The first kappa shape index (κ1) is 10.6. The molecule has 0 atom stereocenters. The van der Waals surface area contributed by atoms with Gasteiger partial charge < -0.3 is 10.0 Å². The van der Waals surface area contributed by atoms with Crippen LogP contribution in [0.1, 0.15) is 28.7 Å². The van der Waals surface area contributed by atoms with Gasteiger partial charge in [-0.25, -0.2) is 9.78 Å². The molecule has 0 saturated heterocycles. The van der Waals surface area contributed by atoms with Crippen LogP contribution < -0.4 is 0 Å². The van der Waals surface area contributed by atoms with Crippen LogP contribution in [0.3, 0.4) is 0 Å². The lowest BCUT2D eigenvalue weighted by Gasteiger charge is -2.27. The summed E-state index contributed by atoms with van der Waals surface area (Å²) < 4.78 is 0. The van der Waals surface area contributed by atoms with E-state index in [2.05, 4.69) is 4.98 Å². The molecule has 1 aromatic heterocycles. The predicted octanol–water partition coefficient (Wildman–Crippen LogP) is 0.684. The van der Waals surface area contributed by atoms with Crippen LogP contribution >= 0.6 is 0 Å². The number of nitrogens with zero attached hydrogens (tertiary/aromatic N) is 2. The van der Waals surface area contributed by atoms with Gasteiger partial charge in [-0.3, -0.25) is 4.79 Å². The lowest BCUT2D eigenvalue weighted by Crippen LogP contribution is -2.34. The van der Waals surface area contributed by atoms with E-state index in [1.54, 1.807) is 11.0 Å². The zero-order valence-corrected chi connectivity index (χ0v) is 8.93. The number of amides is 1. The number of carbonyl (C=O) groups excluding carboxylic acids is 1. The third kappa shape index (κ3) is 1.88. The lowest BCUT2D eigenvalue weighted by atomic mass is 10.1. The van der Waals surface area contributed by atoms with E-state index >= 15 is 0 Å². The minimum Gasteiger partial charge on any atom is -0.477 e. The summed E-state index contributed by atoms with van der Waals surface area (Å²) in [6.07, 6.45) is 0.621. The summed E-state index contributed by atoms with van der Waals surface area (Å²) in [5, 5.41) is 8.80. The quantitative estimate of drug-likeness (QED) is 0.755. The number of hydrogen-bond donors (Lipinski definition) is 1. The molecule has 2 heterocycles. The monoisotopic (exact) mass is 220 g/mol. The second-order valence-corrected chi connectivity index (χ2v) is 3.80. The summed E-state index contributed by atoms with van der Waals surface area (Å²) in [5.41, 5.74) is 1.79. The number of aromatic carboxylic acids is 1. The highest BCUT2D eigenvalue weighted by Crippen LogP contribution is 2.17. The van der Waals surface area contributed by atoms with Crippen LogP contribution in [0.5, 0.6) is 0 Å². The minimum atomic E-state index is -1.02. The average molecular weight is 220 g/mol. The Morgan fingerprint density at radius 3 is 2.81 bits per heavy atom. The maximum atomic E-state index is 11.2. The van der Waals surface area contributed by atoms with E-state index in [0.717, 1.165) is 11.3 Å². The Morgan fingerprint density at radius 1 is 1.44 bits per heavy atom. The number of fused-ring (bicyclic) bond motifs is 1. The fraction of sp³-hybridized carbons (Fsp3) is 0.364. The maximum Gasteiger partial charge on any atom is 0.354 e. The van der Waals surface area contributed by atoms with E-state index in [0.29, 0.717) is 19.5 Å². The van der Waals surface area contributed by atoms with Gasteiger partial charge in [0.25, 0.3) is 0 Å². The summed E-state index contributed by atoms with van der Waals surface area (Å²) in [6.45, 7) is 2.67. The molecule has 0 fully saturated rings. The molecule has 0 aliphatic carbocycles. The number of carboxylic acid groups (broad SMARTS) is 1. The topological polar surface area (TPSA) is 70.5 Å². The van der Waals surface area contributed by atoms with Crippen molar-refractivity contribution >= 4 is 11.9 Å². The van der Waals surface area contributed by atoms with Gasteiger partial charge in [-0.2, -0.15) is 0 Å². The number of hydrogen-bond acceptors (Lipinski definition) is 3. The van der Waals surface area contributed by atoms with Crippen molar-refractivity contribution in [2.24, 2.45) is 0 Å². The van der Waals surface area contributed by atoms with E-state index < -0.39 is 5.97 Å². The van der Waals surface area contributed by atoms with Gasteiger partial charge in [-0.15, -0.1) is 0 Å². The largest absolute Gasteiger partial charge is 0.477 e. The Morgan fingerprint density at radius 2 is 2.19 bits per heavy atom. The molecule has 0 bridgehead atoms. The van der Waals surface area contributed by atoms with Crippen LogP contribution in [-0.4, -0.2) is 33.4 Å². The molecule has 2 rings (SSSR count). The normalized spacial score (nSPS) is 14.4. The maximum absolute atomic E-state index is 11.2. The summed E-state index contributed by atoms with van der Waals surface area (Å²) >= 11 is 0. The van der Waals surface area contributed by atoms with Gasteiger partial charge in [0.2, 0.25) is 5.91 Å². The van der Waals surface area contributed by atoms with Gasteiger partial charge in [0.15, 0.2) is 0 Å². The molecule has 0 unspecified atom stereocenters. The van der Waals surface area contributed by atoms with E-state index in [-0.39, 0.29) is 11.6 Å². The number of aromatic nitrogens is 1. The molecule has 0 saturated carbocycles. The van der Waals surface area contributed by atoms with E-state index in [1.165, 1.54) is 13.0 Å². The molecule has 5 heteroatoms. The van der Waals surface area contributed by atoms with Gasteiger partial charge in [0.05, 0.1) is 0 Å². The molecule has 0 radical (unpaired) electrons. The third-order valence-corrected chi connectivity index (χ3v) is 2.71. The molecule has 0 aromatic carbocycles. The van der Waals surface area contributed by atoms with Gasteiger partial charge in [-0.1, -0.05) is 6.07 Å². The van der Waals surface area contributed by atoms with Crippen LogP contribution in [-0.2, 0) is 17.8 Å². The van der Waals surface area contributed by atoms with Gasteiger partial charge in [-0.05, 0) is 11.6 Å². The minimum absolute atomic E-state index is 0.0351. The SMILES string of the molecule is CC(=O)N1CCc2nc(C(=O)O)ccc2C1. The van der Waals surface area contributed by atoms with Crippen LogP contribution in [0.15, 0.2) is 12.1 Å². The third-order valence-electron chi connectivity index (χ3n) is 2.71. The summed E-state index contributed by atoms with van der Waals surface area (Å²) in [6, 6.07) is 3.21.